The van der Waals surface area contributed by atoms with Crippen molar-refractivity contribution in [2.45, 2.75) is 20.3 Å². The molecule has 16 heavy (non-hydrogen) atoms. The monoisotopic (exact) mass is 217 g/mol. The Morgan fingerprint density at radius 1 is 1.38 bits per heavy atom. The number of nitrogen functional groups attached to an aromatic ring is 1. The highest BCUT2D eigenvalue weighted by Crippen LogP contribution is 2.20. The summed E-state index contributed by atoms with van der Waals surface area (Å²) in [4.78, 5) is 8.62. The van der Waals surface area contributed by atoms with Gasteiger partial charge < -0.3 is 5.73 Å². The number of nitrogens with two attached hydrogens (primary N) is 1. The second-order valence-corrected chi connectivity index (χ2v) is 3.77. The van der Waals surface area contributed by atoms with Crippen LogP contribution in [0.2, 0.25) is 0 Å². The van der Waals surface area contributed by atoms with Crippen molar-refractivity contribution >= 4 is 5.82 Å². The third-order valence-corrected chi connectivity index (χ3v) is 2.36. The van der Waals surface area contributed by atoms with Crippen molar-refractivity contribution in [3.8, 4) is 11.4 Å². The zero-order chi connectivity index (χ0) is 11.7. The lowest BCUT2D eigenvalue weighted by Crippen LogP contribution is -1.98. The van der Waals surface area contributed by atoms with Crippen LogP contribution in [0.4, 0.5) is 5.82 Å². The average Bonchev–Trinajstić information content (AvgIpc) is 2.58. The molecule has 84 valence electrons. The average molecular weight is 217 g/mol. The molecule has 0 saturated heterocycles. The van der Waals surface area contributed by atoms with Gasteiger partial charge in [0.05, 0.1) is 11.3 Å². The summed E-state index contributed by atoms with van der Waals surface area (Å²) in [7, 11) is 1.89. The molecule has 2 rings (SSSR count). The molecule has 0 amide bonds. The van der Waals surface area contributed by atoms with E-state index in [1.54, 1.807) is 10.7 Å². The molecule has 0 atom stereocenters. The Kier molecular flexibility index (Phi) is 2.60. The lowest BCUT2D eigenvalue weighted by molar-refractivity contribution is 0.746. The Balaban J connectivity index is 2.57. The molecular weight excluding hydrogens is 202 g/mol. The maximum atomic E-state index is 5.72. The SMILES string of the molecule is CCc1nn(C)cc1-c1nc(C)cc(N)n1. The van der Waals surface area contributed by atoms with Crippen LogP contribution in [-0.4, -0.2) is 19.7 Å². The molecule has 0 saturated carbocycles. The maximum absolute atomic E-state index is 5.72. The van der Waals surface area contributed by atoms with Gasteiger partial charge in [-0.2, -0.15) is 5.10 Å². The van der Waals surface area contributed by atoms with E-state index in [1.807, 2.05) is 20.2 Å². The number of hydrogen-bond donors (Lipinski definition) is 1. The molecule has 0 aromatic carbocycles. The fourth-order valence-corrected chi connectivity index (χ4v) is 1.70. The van der Waals surface area contributed by atoms with Crippen LogP contribution in [0.5, 0.6) is 0 Å². The van der Waals surface area contributed by atoms with E-state index in [4.69, 9.17) is 5.73 Å². The Morgan fingerprint density at radius 3 is 2.75 bits per heavy atom. The van der Waals surface area contributed by atoms with Crippen molar-refractivity contribution in [1.29, 1.82) is 0 Å². The van der Waals surface area contributed by atoms with E-state index in [0.717, 1.165) is 23.4 Å². The topological polar surface area (TPSA) is 69.6 Å². The summed E-state index contributed by atoms with van der Waals surface area (Å²) in [5.74, 6) is 1.15. The van der Waals surface area contributed by atoms with Crippen molar-refractivity contribution in [3.05, 3.63) is 23.7 Å². The first-order chi connectivity index (χ1) is 7.60. The first-order valence-corrected chi connectivity index (χ1v) is 5.24. The predicted molar refractivity (Wildman–Crippen MR) is 62.8 cm³/mol. The van der Waals surface area contributed by atoms with Gasteiger partial charge in [-0.15, -0.1) is 0 Å². The molecular formula is C11H15N5. The molecule has 0 aliphatic rings. The van der Waals surface area contributed by atoms with Crippen LogP contribution in [0.1, 0.15) is 18.3 Å². The van der Waals surface area contributed by atoms with Crippen LogP contribution in [0.25, 0.3) is 11.4 Å². The van der Waals surface area contributed by atoms with E-state index in [-0.39, 0.29) is 0 Å². The number of aromatic nitrogens is 4. The van der Waals surface area contributed by atoms with E-state index < -0.39 is 0 Å². The lowest BCUT2D eigenvalue weighted by atomic mass is 10.2. The molecule has 5 nitrogen and oxygen atoms in total. The first kappa shape index (κ1) is 10.6. The molecule has 0 fully saturated rings. The Bertz CT molecular complexity index is 495. The first-order valence-electron chi connectivity index (χ1n) is 5.24. The Morgan fingerprint density at radius 2 is 2.12 bits per heavy atom. The predicted octanol–water partition coefficient (Wildman–Crippen LogP) is 1.33. The van der Waals surface area contributed by atoms with Gasteiger partial charge in [0.15, 0.2) is 5.82 Å². The van der Waals surface area contributed by atoms with E-state index in [0.29, 0.717) is 11.6 Å². The minimum atomic E-state index is 0.494. The van der Waals surface area contributed by atoms with Gasteiger partial charge in [-0.1, -0.05) is 6.92 Å². The highest BCUT2D eigenvalue weighted by molar-refractivity contribution is 5.59. The summed E-state index contributed by atoms with van der Waals surface area (Å²) >= 11 is 0. The molecule has 2 N–H and O–H groups in total. The van der Waals surface area contributed by atoms with Crippen LogP contribution in [0.15, 0.2) is 12.3 Å². The van der Waals surface area contributed by atoms with Gasteiger partial charge in [0, 0.05) is 25.0 Å². The van der Waals surface area contributed by atoms with Gasteiger partial charge in [-0.25, -0.2) is 9.97 Å². The van der Waals surface area contributed by atoms with Gasteiger partial charge in [0.25, 0.3) is 0 Å². The van der Waals surface area contributed by atoms with Crippen LogP contribution >= 0.6 is 0 Å². The summed E-state index contributed by atoms with van der Waals surface area (Å²) < 4.78 is 1.77. The van der Waals surface area contributed by atoms with Gasteiger partial charge in [0.1, 0.15) is 5.82 Å². The number of nitrogens with zero attached hydrogens (tertiary/aromatic N) is 4. The van der Waals surface area contributed by atoms with Gasteiger partial charge in [0.2, 0.25) is 0 Å². The Labute approximate surface area is 94.3 Å². The summed E-state index contributed by atoms with van der Waals surface area (Å²) in [6.07, 6.45) is 2.78. The second kappa shape index (κ2) is 3.92. The largest absolute Gasteiger partial charge is 0.384 e. The van der Waals surface area contributed by atoms with E-state index in [1.165, 1.54) is 0 Å². The smallest absolute Gasteiger partial charge is 0.165 e. The maximum Gasteiger partial charge on any atom is 0.165 e. The van der Waals surface area contributed by atoms with Crippen molar-refractivity contribution in [1.82, 2.24) is 19.7 Å². The highest BCUT2D eigenvalue weighted by atomic mass is 15.3. The summed E-state index contributed by atoms with van der Waals surface area (Å²) in [6, 6.07) is 1.76. The molecule has 5 heteroatoms. The van der Waals surface area contributed by atoms with Crippen molar-refractivity contribution < 1.29 is 0 Å². The van der Waals surface area contributed by atoms with Crippen molar-refractivity contribution in [3.63, 3.8) is 0 Å². The quantitative estimate of drug-likeness (QED) is 0.823. The minimum Gasteiger partial charge on any atom is -0.384 e. The number of hydrogen-bond acceptors (Lipinski definition) is 4. The van der Waals surface area contributed by atoms with Crippen LogP contribution < -0.4 is 5.73 Å². The Hall–Kier alpha value is -1.91. The fraction of sp³-hybridized carbons (Fsp3) is 0.364. The van der Waals surface area contributed by atoms with Crippen LogP contribution in [0.3, 0.4) is 0 Å². The molecule has 0 aliphatic heterocycles. The summed E-state index contributed by atoms with van der Waals surface area (Å²) in [5.41, 5.74) is 8.54. The number of aryl methyl sites for hydroxylation is 3. The minimum absolute atomic E-state index is 0.494. The number of rotatable bonds is 2. The zero-order valence-electron chi connectivity index (χ0n) is 9.73. The van der Waals surface area contributed by atoms with Crippen molar-refractivity contribution in [2.24, 2.45) is 7.05 Å². The molecule has 2 aromatic rings. The van der Waals surface area contributed by atoms with Gasteiger partial charge in [-0.05, 0) is 13.3 Å². The van der Waals surface area contributed by atoms with E-state index in [9.17, 15) is 0 Å². The van der Waals surface area contributed by atoms with E-state index in [2.05, 4.69) is 22.0 Å². The normalized spacial score (nSPS) is 10.7. The van der Waals surface area contributed by atoms with Crippen LogP contribution in [0, 0.1) is 6.92 Å². The molecule has 0 spiro atoms. The van der Waals surface area contributed by atoms with Gasteiger partial charge in [-0.3, -0.25) is 4.68 Å². The third-order valence-electron chi connectivity index (χ3n) is 2.36. The second-order valence-electron chi connectivity index (χ2n) is 3.77. The van der Waals surface area contributed by atoms with Gasteiger partial charge >= 0.3 is 0 Å². The molecule has 0 unspecified atom stereocenters. The van der Waals surface area contributed by atoms with E-state index >= 15 is 0 Å². The fourth-order valence-electron chi connectivity index (χ4n) is 1.70. The van der Waals surface area contributed by atoms with Crippen LogP contribution in [-0.2, 0) is 13.5 Å². The molecule has 2 aromatic heterocycles. The highest BCUT2D eigenvalue weighted by Gasteiger charge is 2.11. The lowest BCUT2D eigenvalue weighted by Gasteiger charge is -2.01. The molecule has 0 radical (unpaired) electrons. The number of anilines is 1. The zero-order valence-corrected chi connectivity index (χ0v) is 9.73. The standard InChI is InChI=1S/C11H15N5/c1-4-9-8(6-16(3)15-9)11-13-7(2)5-10(12)14-11/h5-6H,4H2,1-3H3,(H2,12,13,14). The summed E-state index contributed by atoms with van der Waals surface area (Å²) in [5, 5.41) is 4.36. The molecule has 0 aliphatic carbocycles. The molecule has 0 bridgehead atoms. The summed E-state index contributed by atoms with van der Waals surface area (Å²) in [6.45, 7) is 3.97. The molecule has 2 heterocycles. The third kappa shape index (κ3) is 1.88. The van der Waals surface area contributed by atoms with Crippen molar-refractivity contribution in [2.75, 3.05) is 5.73 Å².